The van der Waals surface area contributed by atoms with Crippen molar-refractivity contribution in [1.82, 2.24) is 34.5 Å². The molecule has 0 bridgehead atoms. The number of likely N-dealkylation sites (tertiary alicyclic amines) is 1. The number of rotatable bonds is 4. The van der Waals surface area contributed by atoms with Crippen LogP contribution in [0.15, 0.2) is 24.8 Å². The van der Waals surface area contributed by atoms with Gasteiger partial charge in [0.1, 0.15) is 30.0 Å². The van der Waals surface area contributed by atoms with E-state index in [2.05, 4.69) is 39.3 Å². The normalized spacial score (nSPS) is 30.1. The van der Waals surface area contributed by atoms with Gasteiger partial charge >= 0.3 is 0 Å². The van der Waals surface area contributed by atoms with Crippen molar-refractivity contribution in [2.45, 2.75) is 56.4 Å². The zero-order valence-electron chi connectivity index (χ0n) is 19.4. The molecule has 0 saturated carbocycles. The number of fused-ring (bicyclic) bond motifs is 1. The molecule has 0 radical (unpaired) electrons. The van der Waals surface area contributed by atoms with Crippen LogP contribution in [0.1, 0.15) is 26.0 Å². The van der Waals surface area contributed by atoms with Crippen molar-refractivity contribution in [1.29, 1.82) is 0 Å². The van der Waals surface area contributed by atoms with Gasteiger partial charge in [-0.05, 0) is 32.9 Å². The molecule has 6 atom stereocenters. The lowest BCUT2D eigenvalue weighted by Crippen LogP contribution is -2.51. The number of carbonyl (C=O) groups is 1. The van der Waals surface area contributed by atoms with E-state index < -0.39 is 30.4 Å². The molecule has 34 heavy (non-hydrogen) atoms. The average molecular weight is 471 g/mol. The minimum Gasteiger partial charge on any atom is -0.387 e. The fourth-order valence-corrected chi connectivity index (χ4v) is 4.87. The molecular formula is C22H30N8O4. The highest BCUT2D eigenvalue weighted by Gasteiger charge is 2.48. The van der Waals surface area contributed by atoms with Crippen molar-refractivity contribution in [3.05, 3.63) is 24.8 Å². The Bertz CT molecular complexity index is 1210. The van der Waals surface area contributed by atoms with Crippen LogP contribution in [0.25, 0.3) is 22.3 Å². The summed E-state index contributed by atoms with van der Waals surface area (Å²) >= 11 is 0. The second kappa shape index (κ2) is 8.62. The van der Waals surface area contributed by atoms with E-state index in [1.165, 1.54) is 6.33 Å². The molecule has 12 heteroatoms. The number of nitrogens with one attached hydrogen (secondary N) is 1. The first-order chi connectivity index (χ1) is 16.2. The lowest BCUT2D eigenvalue weighted by atomic mass is 9.98. The zero-order chi connectivity index (χ0) is 24.1. The first-order valence-electron chi connectivity index (χ1n) is 11.4. The van der Waals surface area contributed by atoms with Crippen molar-refractivity contribution in [3.8, 4) is 11.3 Å². The number of anilines is 1. The van der Waals surface area contributed by atoms with Gasteiger partial charge in [0.2, 0.25) is 0 Å². The van der Waals surface area contributed by atoms with E-state index in [0.717, 1.165) is 19.4 Å². The van der Waals surface area contributed by atoms with Crippen LogP contribution in [0.5, 0.6) is 0 Å². The van der Waals surface area contributed by atoms with Crippen molar-refractivity contribution in [2.24, 2.45) is 7.05 Å². The first-order valence-corrected chi connectivity index (χ1v) is 11.4. The number of nitrogens with zero attached hydrogens (tertiary/aromatic N) is 6. The standard InChI is InChI=1S/C22H30N8O4/c1-11-8-12(4-6-28(11)2)26-21(33)18-16(31)17(32)22(34-18)30-9-13(14-5-7-29(3)27-14)15-19(23)24-10-25-20(15)30/h5,7,9-12,16-18,22,31-32H,4,6,8H2,1-3H3,(H,26,33)(H2,23,24,25)/t11-,12-,16-,17+,18-,22+/m0/s1. The smallest absolute Gasteiger partial charge is 0.252 e. The number of nitrogen functional groups attached to an aromatic ring is 1. The van der Waals surface area contributed by atoms with E-state index in [0.29, 0.717) is 28.3 Å². The van der Waals surface area contributed by atoms with Crippen LogP contribution in [0.4, 0.5) is 5.82 Å². The second-order valence-electron chi connectivity index (χ2n) is 9.27. The highest BCUT2D eigenvalue weighted by Crippen LogP contribution is 2.38. The second-order valence-corrected chi connectivity index (χ2v) is 9.27. The summed E-state index contributed by atoms with van der Waals surface area (Å²) in [5.41, 5.74) is 7.87. The van der Waals surface area contributed by atoms with Crippen LogP contribution in [-0.2, 0) is 16.6 Å². The zero-order valence-corrected chi connectivity index (χ0v) is 19.4. The maximum absolute atomic E-state index is 13.0. The lowest BCUT2D eigenvalue weighted by Gasteiger charge is -2.35. The molecule has 182 valence electrons. The number of ether oxygens (including phenoxy) is 1. The monoisotopic (exact) mass is 470 g/mol. The van der Waals surface area contributed by atoms with Crippen LogP contribution >= 0.6 is 0 Å². The third-order valence-electron chi connectivity index (χ3n) is 6.95. The van der Waals surface area contributed by atoms with Gasteiger partial charge in [-0.3, -0.25) is 9.48 Å². The van der Waals surface area contributed by atoms with Crippen LogP contribution in [0.3, 0.4) is 0 Å². The minimum absolute atomic E-state index is 0.0126. The topological polar surface area (TPSA) is 157 Å². The van der Waals surface area contributed by atoms with E-state index in [4.69, 9.17) is 10.5 Å². The van der Waals surface area contributed by atoms with Gasteiger partial charge in [-0.15, -0.1) is 0 Å². The number of aryl methyl sites for hydroxylation is 1. The molecule has 2 saturated heterocycles. The van der Waals surface area contributed by atoms with Crippen LogP contribution < -0.4 is 11.1 Å². The molecule has 0 aliphatic carbocycles. The fraction of sp³-hybridized carbons (Fsp3) is 0.545. The van der Waals surface area contributed by atoms with Crippen LogP contribution in [-0.4, -0.2) is 89.3 Å². The highest BCUT2D eigenvalue weighted by molar-refractivity contribution is 5.99. The maximum Gasteiger partial charge on any atom is 0.252 e. The minimum atomic E-state index is -1.40. The predicted molar refractivity (Wildman–Crippen MR) is 123 cm³/mol. The number of amides is 1. The highest BCUT2D eigenvalue weighted by atomic mass is 16.6. The van der Waals surface area contributed by atoms with Crippen molar-refractivity contribution in [2.75, 3.05) is 19.3 Å². The maximum atomic E-state index is 13.0. The molecule has 0 spiro atoms. The van der Waals surface area contributed by atoms with E-state index in [1.807, 2.05) is 6.07 Å². The summed E-state index contributed by atoms with van der Waals surface area (Å²) in [6.07, 6.45) is 1.43. The Balaban J connectivity index is 1.43. The number of carbonyl (C=O) groups excluding carboxylic acids is 1. The third-order valence-corrected chi connectivity index (χ3v) is 6.95. The van der Waals surface area contributed by atoms with Crippen LogP contribution in [0.2, 0.25) is 0 Å². The Morgan fingerprint density at radius 1 is 1.26 bits per heavy atom. The van der Waals surface area contributed by atoms with Crippen molar-refractivity contribution in [3.63, 3.8) is 0 Å². The molecule has 1 amide bonds. The van der Waals surface area contributed by atoms with Gasteiger partial charge in [0, 0.05) is 43.6 Å². The number of nitrogens with two attached hydrogens (primary N) is 1. The summed E-state index contributed by atoms with van der Waals surface area (Å²) in [4.78, 5) is 23.7. The number of aromatic nitrogens is 5. The fourth-order valence-electron chi connectivity index (χ4n) is 4.87. The van der Waals surface area contributed by atoms with Gasteiger partial charge in [0.15, 0.2) is 12.3 Å². The Labute approximate surface area is 196 Å². The lowest BCUT2D eigenvalue weighted by molar-refractivity contribution is -0.138. The van der Waals surface area contributed by atoms with Gasteiger partial charge < -0.3 is 35.5 Å². The van der Waals surface area contributed by atoms with E-state index in [-0.39, 0.29) is 11.9 Å². The third kappa shape index (κ3) is 3.82. The molecular weight excluding hydrogens is 440 g/mol. The summed E-state index contributed by atoms with van der Waals surface area (Å²) in [5, 5.41) is 29.5. The molecule has 3 aromatic heterocycles. The Kier molecular flexibility index (Phi) is 5.76. The van der Waals surface area contributed by atoms with Gasteiger partial charge in [-0.1, -0.05) is 0 Å². The summed E-state index contributed by atoms with van der Waals surface area (Å²) in [6, 6.07) is 2.15. The molecule has 0 unspecified atom stereocenters. The van der Waals surface area contributed by atoms with E-state index in [9.17, 15) is 15.0 Å². The molecule has 5 rings (SSSR count). The molecule has 12 nitrogen and oxygen atoms in total. The summed E-state index contributed by atoms with van der Waals surface area (Å²) in [7, 11) is 3.86. The molecule has 3 aromatic rings. The largest absolute Gasteiger partial charge is 0.387 e. The number of aliphatic hydroxyl groups is 2. The summed E-state index contributed by atoms with van der Waals surface area (Å²) in [5.74, 6) is -0.186. The molecule has 5 N–H and O–H groups in total. The van der Waals surface area contributed by atoms with Crippen molar-refractivity contribution < 1.29 is 19.7 Å². The van der Waals surface area contributed by atoms with Gasteiger partial charge in [0.25, 0.3) is 5.91 Å². The summed E-state index contributed by atoms with van der Waals surface area (Å²) in [6.45, 7) is 2.99. The SMILES string of the molecule is C[C@H]1C[C@@H](NC(=O)[C@H]2O[C@@H](n3cc(-c4ccn(C)n4)c4c(N)ncnc43)[C@H](O)[C@@H]2O)CCN1C. The van der Waals surface area contributed by atoms with Gasteiger partial charge in [-0.2, -0.15) is 5.10 Å². The number of hydrogen-bond donors (Lipinski definition) is 4. The molecule has 2 fully saturated rings. The summed E-state index contributed by atoms with van der Waals surface area (Å²) < 4.78 is 9.18. The Morgan fingerprint density at radius 3 is 2.76 bits per heavy atom. The van der Waals surface area contributed by atoms with E-state index in [1.54, 1.807) is 28.7 Å². The van der Waals surface area contributed by atoms with Gasteiger partial charge in [0.05, 0.1) is 11.1 Å². The van der Waals surface area contributed by atoms with Crippen LogP contribution in [0, 0.1) is 0 Å². The van der Waals surface area contributed by atoms with E-state index >= 15 is 0 Å². The number of aliphatic hydroxyl groups excluding tert-OH is 2. The molecule has 2 aliphatic rings. The number of hydrogen-bond acceptors (Lipinski definition) is 9. The molecule has 5 heterocycles. The first kappa shape index (κ1) is 22.7. The Hall–Kier alpha value is -3.06. The molecule has 0 aromatic carbocycles. The Morgan fingerprint density at radius 2 is 2.06 bits per heavy atom. The quantitative estimate of drug-likeness (QED) is 0.399. The molecule has 2 aliphatic heterocycles. The number of piperidine rings is 1. The van der Waals surface area contributed by atoms with Gasteiger partial charge in [-0.25, -0.2) is 9.97 Å². The van der Waals surface area contributed by atoms with Crippen molar-refractivity contribution >= 4 is 22.8 Å². The predicted octanol–water partition coefficient (Wildman–Crippen LogP) is -0.368. The average Bonchev–Trinajstić information content (AvgIpc) is 3.48.